The van der Waals surface area contributed by atoms with E-state index in [1.807, 2.05) is 0 Å². The van der Waals surface area contributed by atoms with E-state index in [0.29, 0.717) is 11.8 Å². The van der Waals surface area contributed by atoms with Gasteiger partial charge in [-0.05, 0) is 84.0 Å². The summed E-state index contributed by atoms with van der Waals surface area (Å²) in [5.41, 5.74) is 13.8. The summed E-state index contributed by atoms with van der Waals surface area (Å²) in [5.74, 6) is 0.947. The molecule has 0 spiro atoms. The zero-order valence-corrected chi connectivity index (χ0v) is 18.8. The Labute approximate surface area is 171 Å². The van der Waals surface area contributed by atoms with Crippen LogP contribution in [0.5, 0.6) is 0 Å². The van der Waals surface area contributed by atoms with Gasteiger partial charge in [0.15, 0.2) is 0 Å². The molecule has 0 N–H and O–H groups in total. The van der Waals surface area contributed by atoms with Crippen molar-refractivity contribution in [2.45, 2.75) is 67.2 Å². The molecule has 0 aromatic heterocycles. The zero-order valence-electron chi connectivity index (χ0n) is 18.8. The number of hydrogen-bond donors (Lipinski definition) is 0. The van der Waals surface area contributed by atoms with Crippen LogP contribution < -0.4 is 0 Å². The Hall–Kier alpha value is -2.34. The molecule has 3 aromatic rings. The van der Waals surface area contributed by atoms with Gasteiger partial charge < -0.3 is 0 Å². The topological polar surface area (TPSA) is 0 Å². The van der Waals surface area contributed by atoms with Crippen LogP contribution in [0.1, 0.15) is 72.9 Å². The summed E-state index contributed by atoms with van der Waals surface area (Å²) in [5, 5.41) is 0. The maximum atomic E-state index is 2.36. The molecule has 3 rings (SSSR count). The lowest BCUT2D eigenvalue weighted by Crippen LogP contribution is -2.03. The molecule has 0 aliphatic heterocycles. The molecule has 146 valence electrons. The SMILES string of the molecule is Cc1ccc(-c2c(C(C)C)ccc(C(C)C)c2-c2ccc(C)cc2C)c(C)c1. The minimum atomic E-state index is 0.474. The van der Waals surface area contributed by atoms with Crippen molar-refractivity contribution in [2.24, 2.45) is 0 Å². The number of benzene rings is 3. The lowest BCUT2D eigenvalue weighted by molar-refractivity contribution is 0.848. The molecule has 0 atom stereocenters. The highest BCUT2D eigenvalue weighted by Crippen LogP contribution is 2.44. The second-order valence-corrected chi connectivity index (χ2v) is 8.94. The lowest BCUT2D eigenvalue weighted by Gasteiger charge is -2.25. The van der Waals surface area contributed by atoms with Crippen molar-refractivity contribution in [2.75, 3.05) is 0 Å². The Kier molecular flexibility index (Phi) is 5.79. The average molecular weight is 371 g/mol. The first-order valence-electron chi connectivity index (χ1n) is 10.5. The van der Waals surface area contributed by atoms with Crippen LogP contribution in [0.25, 0.3) is 22.3 Å². The fourth-order valence-electron chi connectivity index (χ4n) is 4.37. The monoisotopic (exact) mass is 370 g/mol. The third-order valence-corrected chi connectivity index (χ3v) is 5.82. The fraction of sp³-hybridized carbons (Fsp3) is 0.357. The van der Waals surface area contributed by atoms with Crippen LogP contribution in [0.4, 0.5) is 0 Å². The molecule has 0 saturated carbocycles. The molecule has 0 bridgehead atoms. The molecule has 0 heterocycles. The van der Waals surface area contributed by atoms with E-state index in [2.05, 4.69) is 104 Å². The highest BCUT2D eigenvalue weighted by Gasteiger charge is 2.22. The molecular weight excluding hydrogens is 336 g/mol. The Morgan fingerprint density at radius 3 is 1.14 bits per heavy atom. The maximum absolute atomic E-state index is 2.36. The Morgan fingerprint density at radius 1 is 0.500 bits per heavy atom. The first kappa shape index (κ1) is 20.4. The Balaban J connectivity index is 2.48. The molecule has 0 saturated heterocycles. The van der Waals surface area contributed by atoms with Gasteiger partial charge in [0.1, 0.15) is 0 Å². The van der Waals surface area contributed by atoms with E-state index in [1.165, 1.54) is 55.6 Å². The van der Waals surface area contributed by atoms with E-state index in [0.717, 1.165) is 0 Å². The molecule has 0 fully saturated rings. The molecule has 0 amide bonds. The Bertz CT molecular complexity index is 920. The third-order valence-electron chi connectivity index (χ3n) is 5.82. The van der Waals surface area contributed by atoms with Gasteiger partial charge in [0, 0.05) is 0 Å². The third kappa shape index (κ3) is 3.78. The summed E-state index contributed by atoms with van der Waals surface area (Å²) in [6, 6.07) is 18.5. The molecule has 0 nitrogen and oxygen atoms in total. The van der Waals surface area contributed by atoms with E-state index in [1.54, 1.807) is 0 Å². The van der Waals surface area contributed by atoms with Crippen LogP contribution in [-0.2, 0) is 0 Å². The van der Waals surface area contributed by atoms with Gasteiger partial charge >= 0.3 is 0 Å². The van der Waals surface area contributed by atoms with Crippen LogP contribution in [0, 0.1) is 27.7 Å². The minimum absolute atomic E-state index is 0.474. The average Bonchev–Trinajstić information content (AvgIpc) is 2.61. The smallest absolute Gasteiger partial charge is 0.00651 e. The summed E-state index contributed by atoms with van der Waals surface area (Å²) in [6.45, 7) is 18.1. The van der Waals surface area contributed by atoms with E-state index in [9.17, 15) is 0 Å². The quantitative estimate of drug-likeness (QED) is 0.432. The van der Waals surface area contributed by atoms with Crippen molar-refractivity contribution in [1.82, 2.24) is 0 Å². The van der Waals surface area contributed by atoms with Gasteiger partial charge in [0.25, 0.3) is 0 Å². The summed E-state index contributed by atoms with van der Waals surface area (Å²) < 4.78 is 0. The van der Waals surface area contributed by atoms with Crippen LogP contribution in [0.3, 0.4) is 0 Å². The van der Waals surface area contributed by atoms with Gasteiger partial charge in [-0.15, -0.1) is 0 Å². The summed E-state index contributed by atoms with van der Waals surface area (Å²) in [6.07, 6.45) is 0. The summed E-state index contributed by atoms with van der Waals surface area (Å²) in [7, 11) is 0. The molecule has 0 heteroatoms. The van der Waals surface area contributed by atoms with Crippen molar-refractivity contribution in [3.05, 3.63) is 81.9 Å². The highest BCUT2D eigenvalue weighted by atomic mass is 14.3. The van der Waals surface area contributed by atoms with Crippen molar-refractivity contribution in [3.8, 4) is 22.3 Å². The highest BCUT2D eigenvalue weighted by molar-refractivity contribution is 5.91. The van der Waals surface area contributed by atoms with E-state index < -0.39 is 0 Å². The molecule has 0 aliphatic rings. The first-order valence-corrected chi connectivity index (χ1v) is 10.5. The van der Waals surface area contributed by atoms with Crippen molar-refractivity contribution in [1.29, 1.82) is 0 Å². The number of rotatable bonds is 4. The molecule has 3 aromatic carbocycles. The van der Waals surface area contributed by atoms with Gasteiger partial charge in [-0.3, -0.25) is 0 Å². The number of hydrogen-bond acceptors (Lipinski definition) is 0. The Morgan fingerprint density at radius 2 is 0.857 bits per heavy atom. The van der Waals surface area contributed by atoms with Crippen LogP contribution in [0.15, 0.2) is 48.5 Å². The van der Waals surface area contributed by atoms with Gasteiger partial charge in [-0.2, -0.15) is 0 Å². The number of aryl methyl sites for hydroxylation is 4. The van der Waals surface area contributed by atoms with Crippen molar-refractivity contribution < 1.29 is 0 Å². The van der Waals surface area contributed by atoms with E-state index in [-0.39, 0.29) is 0 Å². The molecule has 0 unspecified atom stereocenters. The molecule has 28 heavy (non-hydrogen) atoms. The second kappa shape index (κ2) is 7.95. The first-order chi connectivity index (χ1) is 13.2. The zero-order chi connectivity index (χ0) is 20.6. The van der Waals surface area contributed by atoms with Crippen LogP contribution in [0.2, 0.25) is 0 Å². The normalized spacial score (nSPS) is 11.5. The standard InChI is InChI=1S/C28H34/c1-17(2)23-13-14-24(18(3)4)28(26-12-10-20(6)16-22(26)8)27(23)25-11-9-19(5)15-21(25)7/h9-18H,1-8H3. The van der Waals surface area contributed by atoms with Gasteiger partial charge in [0.05, 0.1) is 0 Å². The predicted molar refractivity (Wildman–Crippen MR) is 124 cm³/mol. The van der Waals surface area contributed by atoms with Crippen molar-refractivity contribution >= 4 is 0 Å². The summed E-state index contributed by atoms with van der Waals surface area (Å²) in [4.78, 5) is 0. The fourth-order valence-corrected chi connectivity index (χ4v) is 4.37. The van der Waals surface area contributed by atoms with Gasteiger partial charge in [0.2, 0.25) is 0 Å². The minimum Gasteiger partial charge on any atom is -0.0587 e. The molecule has 0 radical (unpaired) electrons. The molecular formula is C28H34. The van der Waals surface area contributed by atoms with Gasteiger partial charge in [-0.25, -0.2) is 0 Å². The van der Waals surface area contributed by atoms with Gasteiger partial charge in [-0.1, -0.05) is 87.4 Å². The maximum Gasteiger partial charge on any atom is -0.00651 e. The van der Waals surface area contributed by atoms with Crippen LogP contribution in [-0.4, -0.2) is 0 Å². The van der Waals surface area contributed by atoms with E-state index in [4.69, 9.17) is 0 Å². The summed E-state index contributed by atoms with van der Waals surface area (Å²) >= 11 is 0. The second-order valence-electron chi connectivity index (χ2n) is 8.94. The van der Waals surface area contributed by atoms with Crippen LogP contribution >= 0.6 is 0 Å². The van der Waals surface area contributed by atoms with E-state index >= 15 is 0 Å². The van der Waals surface area contributed by atoms with Crippen molar-refractivity contribution in [3.63, 3.8) is 0 Å². The largest absolute Gasteiger partial charge is 0.0587 e. The lowest BCUT2D eigenvalue weighted by atomic mass is 9.79. The predicted octanol–water partition coefficient (Wildman–Crippen LogP) is 8.50. The molecule has 0 aliphatic carbocycles.